The Morgan fingerprint density at radius 3 is 2.37 bits per heavy atom. The molecule has 0 unspecified atom stereocenters. The minimum atomic E-state index is 0.154. The molecule has 1 N–H and O–H groups in total. The lowest BCUT2D eigenvalue weighted by atomic mass is 10.1. The van der Waals surface area contributed by atoms with Gasteiger partial charge in [0.25, 0.3) is 0 Å². The molecular formula is C16H17NO2. The summed E-state index contributed by atoms with van der Waals surface area (Å²) in [6.07, 6.45) is 0.482. The third-order valence-electron chi connectivity index (χ3n) is 2.87. The highest BCUT2D eigenvalue weighted by atomic mass is 16.5. The fourth-order valence-corrected chi connectivity index (χ4v) is 1.80. The minimum absolute atomic E-state index is 0.154. The summed E-state index contributed by atoms with van der Waals surface area (Å²) in [6.45, 7) is 0.625. The van der Waals surface area contributed by atoms with Gasteiger partial charge in [0.05, 0.1) is 7.11 Å². The van der Waals surface area contributed by atoms with Crippen molar-refractivity contribution in [3.8, 4) is 5.75 Å². The van der Waals surface area contributed by atoms with Crippen LogP contribution in [0.4, 0.5) is 5.69 Å². The molecule has 0 aromatic heterocycles. The van der Waals surface area contributed by atoms with E-state index in [1.807, 2.05) is 54.6 Å². The largest absolute Gasteiger partial charge is 0.497 e. The quantitative estimate of drug-likeness (QED) is 0.804. The molecule has 19 heavy (non-hydrogen) atoms. The van der Waals surface area contributed by atoms with Crippen molar-refractivity contribution in [2.75, 3.05) is 19.0 Å². The molecule has 0 atom stereocenters. The van der Waals surface area contributed by atoms with Crippen LogP contribution in [0.25, 0.3) is 0 Å². The first-order chi connectivity index (χ1) is 9.29. The molecule has 0 bridgehead atoms. The number of carbonyl (C=O) groups excluding carboxylic acids is 1. The molecule has 0 spiro atoms. The molecule has 0 fully saturated rings. The summed E-state index contributed by atoms with van der Waals surface area (Å²) in [7, 11) is 1.64. The van der Waals surface area contributed by atoms with Gasteiger partial charge in [-0.3, -0.25) is 4.79 Å². The van der Waals surface area contributed by atoms with Crippen LogP contribution in [0.1, 0.15) is 16.8 Å². The Morgan fingerprint density at radius 2 is 1.74 bits per heavy atom. The molecular weight excluding hydrogens is 238 g/mol. The van der Waals surface area contributed by atoms with E-state index >= 15 is 0 Å². The number of Topliss-reactive ketones (excluding diaryl/α,β-unsaturated/α-hetero) is 1. The molecule has 98 valence electrons. The summed E-state index contributed by atoms with van der Waals surface area (Å²) >= 11 is 0. The van der Waals surface area contributed by atoms with Crippen LogP contribution in [0.2, 0.25) is 0 Å². The van der Waals surface area contributed by atoms with E-state index in [4.69, 9.17) is 4.74 Å². The lowest BCUT2D eigenvalue weighted by Crippen LogP contribution is -2.08. The maximum atomic E-state index is 11.9. The zero-order valence-electron chi connectivity index (χ0n) is 10.9. The summed E-state index contributed by atoms with van der Waals surface area (Å²) < 4.78 is 5.09. The van der Waals surface area contributed by atoms with Gasteiger partial charge in [-0.05, 0) is 24.3 Å². The zero-order valence-corrected chi connectivity index (χ0v) is 10.9. The van der Waals surface area contributed by atoms with Gasteiger partial charge >= 0.3 is 0 Å². The van der Waals surface area contributed by atoms with Crippen molar-refractivity contribution in [1.82, 2.24) is 0 Å². The topological polar surface area (TPSA) is 38.3 Å². The molecule has 0 aliphatic rings. The van der Waals surface area contributed by atoms with Crippen LogP contribution in [0.3, 0.4) is 0 Å². The molecule has 0 aliphatic carbocycles. The number of rotatable bonds is 6. The van der Waals surface area contributed by atoms with Gasteiger partial charge in [0, 0.05) is 24.2 Å². The van der Waals surface area contributed by atoms with Crippen LogP contribution in [0, 0.1) is 0 Å². The second-order valence-electron chi connectivity index (χ2n) is 4.19. The van der Waals surface area contributed by atoms with Crippen LogP contribution in [0.15, 0.2) is 54.6 Å². The molecule has 0 aliphatic heterocycles. The maximum absolute atomic E-state index is 11.9. The number of nitrogens with one attached hydrogen (secondary N) is 1. The Morgan fingerprint density at radius 1 is 1.05 bits per heavy atom. The standard InChI is InChI=1S/C16H17NO2/c1-19-15-9-7-14(8-10-15)17-12-11-16(18)13-5-3-2-4-6-13/h2-10,17H,11-12H2,1H3. The van der Waals surface area contributed by atoms with Crippen molar-refractivity contribution >= 4 is 11.5 Å². The number of ether oxygens (including phenoxy) is 1. The third kappa shape index (κ3) is 3.85. The first-order valence-electron chi connectivity index (χ1n) is 6.26. The van der Waals surface area contributed by atoms with Crippen molar-refractivity contribution in [2.45, 2.75) is 6.42 Å². The fraction of sp³-hybridized carbons (Fsp3) is 0.188. The average Bonchev–Trinajstić information content (AvgIpc) is 2.49. The SMILES string of the molecule is COc1ccc(NCCC(=O)c2ccccc2)cc1. The highest BCUT2D eigenvalue weighted by Crippen LogP contribution is 2.15. The molecule has 2 aromatic carbocycles. The van der Waals surface area contributed by atoms with Gasteiger partial charge in [-0.25, -0.2) is 0 Å². The van der Waals surface area contributed by atoms with E-state index in [0.29, 0.717) is 13.0 Å². The van der Waals surface area contributed by atoms with Crippen molar-refractivity contribution in [2.24, 2.45) is 0 Å². The van der Waals surface area contributed by atoms with E-state index in [-0.39, 0.29) is 5.78 Å². The molecule has 0 saturated heterocycles. The summed E-state index contributed by atoms with van der Waals surface area (Å²) in [4.78, 5) is 11.9. The molecule has 2 rings (SSSR count). The van der Waals surface area contributed by atoms with Crippen molar-refractivity contribution in [3.63, 3.8) is 0 Å². The lowest BCUT2D eigenvalue weighted by molar-refractivity contribution is 0.0986. The Balaban J connectivity index is 1.81. The first kappa shape index (κ1) is 13.1. The average molecular weight is 255 g/mol. The van der Waals surface area contributed by atoms with Crippen molar-refractivity contribution in [3.05, 3.63) is 60.2 Å². The summed E-state index contributed by atoms with van der Waals surface area (Å²) in [6, 6.07) is 17.0. The van der Waals surface area contributed by atoms with Crippen LogP contribution < -0.4 is 10.1 Å². The number of ketones is 1. The van der Waals surface area contributed by atoms with Gasteiger partial charge in [-0.2, -0.15) is 0 Å². The molecule has 0 radical (unpaired) electrons. The number of benzene rings is 2. The van der Waals surface area contributed by atoms with E-state index < -0.39 is 0 Å². The van der Waals surface area contributed by atoms with Crippen molar-refractivity contribution < 1.29 is 9.53 Å². The molecule has 3 nitrogen and oxygen atoms in total. The lowest BCUT2D eigenvalue weighted by Gasteiger charge is -2.07. The molecule has 3 heteroatoms. The van der Waals surface area contributed by atoms with E-state index in [1.54, 1.807) is 7.11 Å². The highest BCUT2D eigenvalue weighted by Gasteiger charge is 2.04. The second-order valence-corrected chi connectivity index (χ2v) is 4.19. The molecule has 0 amide bonds. The molecule has 2 aromatic rings. The summed E-state index contributed by atoms with van der Waals surface area (Å²) in [5.41, 5.74) is 1.75. The Hall–Kier alpha value is -2.29. The number of hydrogen-bond donors (Lipinski definition) is 1. The predicted molar refractivity (Wildman–Crippen MR) is 76.9 cm³/mol. The van der Waals surface area contributed by atoms with E-state index in [9.17, 15) is 4.79 Å². The van der Waals surface area contributed by atoms with E-state index in [0.717, 1.165) is 17.0 Å². The highest BCUT2D eigenvalue weighted by molar-refractivity contribution is 5.96. The van der Waals surface area contributed by atoms with Crippen LogP contribution in [-0.2, 0) is 0 Å². The maximum Gasteiger partial charge on any atom is 0.164 e. The predicted octanol–water partition coefficient (Wildman–Crippen LogP) is 3.38. The smallest absolute Gasteiger partial charge is 0.164 e. The number of hydrogen-bond acceptors (Lipinski definition) is 3. The first-order valence-corrected chi connectivity index (χ1v) is 6.26. The number of anilines is 1. The minimum Gasteiger partial charge on any atom is -0.497 e. The second kappa shape index (κ2) is 6.59. The van der Waals surface area contributed by atoms with E-state index in [1.165, 1.54) is 0 Å². The van der Waals surface area contributed by atoms with Gasteiger partial charge < -0.3 is 10.1 Å². The van der Waals surface area contributed by atoms with Gasteiger partial charge in [-0.15, -0.1) is 0 Å². The summed E-state index contributed by atoms with van der Waals surface area (Å²) in [5.74, 6) is 0.979. The fourth-order valence-electron chi connectivity index (χ4n) is 1.80. The van der Waals surface area contributed by atoms with Crippen LogP contribution in [0.5, 0.6) is 5.75 Å². The van der Waals surface area contributed by atoms with Gasteiger partial charge in [0.2, 0.25) is 0 Å². The zero-order chi connectivity index (χ0) is 13.5. The van der Waals surface area contributed by atoms with E-state index in [2.05, 4.69) is 5.32 Å². The molecule has 0 heterocycles. The van der Waals surface area contributed by atoms with Crippen LogP contribution in [-0.4, -0.2) is 19.4 Å². The summed E-state index contributed by atoms with van der Waals surface area (Å²) in [5, 5.41) is 3.22. The molecule has 0 saturated carbocycles. The number of carbonyl (C=O) groups is 1. The third-order valence-corrected chi connectivity index (χ3v) is 2.87. The van der Waals surface area contributed by atoms with Gasteiger partial charge in [0.15, 0.2) is 5.78 Å². The van der Waals surface area contributed by atoms with Gasteiger partial charge in [-0.1, -0.05) is 30.3 Å². The normalized spacial score (nSPS) is 9.95. The number of methoxy groups -OCH3 is 1. The Labute approximate surface area is 113 Å². The monoisotopic (exact) mass is 255 g/mol. The Bertz CT molecular complexity index is 520. The van der Waals surface area contributed by atoms with Crippen LogP contribution >= 0.6 is 0 Å². The van der Waals surface area contributed by atoms with Crippen molar-refractivity contribution in [1.29, 1.82) is 0 Å². The van der Waals surface area contributed by atoms with Gasteiger partial charge in [0.1, 0.15) is 5.75 Å². The Kier molecular flexibility index (Phi) is 4.56.